The number of carbonyl (C=O) groups excluding carboxylic acids is 1. The number of benzene rings is 2. The molecule has 0 saturated carbocycles. The molecule has 0 amide bonds. The Labute approximate surface area is 155 Å². The minimum Gasteiger partial charge on any atom is -0.545 e. The van der Waals surface area contributed by atoms with Gasteiger partial charge >= 0.3 is 0 Å². The van der Waals surface area contributed by atoms with Gasteiger partial charge in [0.1, 0.15) is 5.75 Å². The van der Waals surface area contributed by atoms with Crippen molar-refractivity contribution in [1.29, 1.82) is 0 Å². The molecule has 27 heavy (non-hydrogen) atoms. The lowest BCUT2D eigenvalue weighted by atomic mass is 10.1. The fourth-order valence-corrected chi connectivity index (χ4v) is 2.58. The smallest absolute Gasteiger partial charge is 0.294 e. The second-order valence-electron chi connectivity index (χ2n) is 6.17. The number of carboxylic acid groups (broad SMARTS) is 1. The first kappa shape index (κ1) is 18.2. The summed E-state index contributed by atoms with van der Waals surface area (Å²) in [6.45, 7) is 3.91. The Bertz CT molecular complexity index is 1060. The van der Waals surface area contributed by atoms with Crippen LogP contribution >= 0.6 is 0 Å². The summed E-state index contributed by atoms with van der Waals surface area (Å²) in [4.78, 5) is 23.4. The van der Waals surface area contributed by atoms with E-state index in [2.05, 4.69) is 10.4 Å². The van der Waals surface area contributed by atoms with Crippen LogP contribution in [0.1, 0.15) is 21.5 Å². The molecule has 0 atom stereocenters. The molecule has 0 fully saturated rings. The number of nitrogens with one attached hydrogen (secondary N) is 1. The van der Waals surface area contributed by atoms with Gasteiger partial charge in [0.2, 0.25) is 0 Å². The van der Waals surface area contributed by atoms with Gasteiger partial charge in [-0.25, -0.2) is 4.68 Å². The van der Waals surface area contributed by atoms with E-state index < -0.39 is 5.97 Å². The van der Waals surface area contributed by atoms with Crippen LogP contribution in [0.25, 0.3) is 0 Å². The van der Waals surface area contributed by atoms with Gasteiger partial charge in [-0.05, 0) is 43.2 Å². The van der Waals surface area contributed by atoms with Gasteiger partial charge in [0.25, 0.3) is 5.56 Å². The minimum atomic E-state index is -1.26. The lowest BCUT2D eigenvalue weighted by Crippen LogP contribution is -2.23. The van der Waals surface area contributed by atoms with E-state index in [-0.39, 0.29) is 22.6 Å². The predicted molar refractivity (Wildman–Crippen MR) is 99.5 cm³/mol. The normalized spacial score (nSPS) is 10.5. The van der Waals surface area contributed by atoms with Crippen LogP contribution in [0.15, 0.2) is 53.5 Å². The molecule has 0 aliphatic rings. The van der Waals surface area contributed by atoms with Crippen molar-refractivity contribution < 1.29 is 14.6 Å². The number of nitrogens with zero attached hydrogens (tertiary/aromatic N) is 2. The lowest BCUT2D eigenvalue weighted by Gasteiger charge is -2.15. The fourth-order valence-electron chi connectivity index (χ4n) is 2.58. The van der Waals surface area contributed by atoms with Gasteiger partial charge in [0.15, 0.2) is 11.4 Å². The summed E-state index contributed by atoms with van der Waals surface area (Å²) in [7, 11) is 1.54. The number of anilines is 2. The zero-order chi connectivity index (χ0) is 19.6. The molecule has 7 heteroatoms. The lowest BCUT2D eigenvalue weighted by molar-refractivity contribution is -0.255. The zero-order valence-electron chi connectivity index (χ0n) is 15.1. The molecular weight excluding hydrogens is 346 g/mol. The topological polar surface area (TPSA) is 96.3 Å². The van der Waals surface area contributed by atoms with Crippen molar-refractivity contribution in [3.63, 3.8) is 0 Å². The average Bonchev–Trinajstić information content (AvgIpc) is 2.63. The Morgan fingerprint density at radius 1 is 1.11 bits per heavy atom. The Morgan fingerprint density at radius 3 is 2.44 bits per heavy atom. The van der Waals surface area contributed by atoms with E-state index in [0.717, 1.165) is 11.1 Å². The Kier molecular flexibility index (Phi) is 4.94. The van der Waals surface area contributed by atoms with Gasteiger partial charge in [0, 0.05) is 12.7 Å². The largest absolute Gasteiger partial charge is 0.545 e. The van der Waals surface area contributed by atoms with E-state index >= 15 is 0 Å². The first-order valence-corrected chi connectivity index (χ1v) is 8.25. The summed E-state index contributed by atoms with van der Waals surface area (Å²) in [5.74, 6) is -0.375. The van der Waals surface area contributed by atoms with E-state index in [9.17, 15) is 14.7 Å². The molecule has 0 spiro atoms. The molecule has 0 bridgehead atoms. The maximum atomic E-state index is 12.6. The molecule has 0 saturated heterocycles. The second kappa shape index (κ2) is 7.33. The molecule has 1 N–H and O–H groups in total. The molecule has 0 unspecified atom stereocenters. The van der Waals surface area contributed by atoms with Crippen LogP contribution < -0.4 is 20.7 Å². The maximum absolute atomic E-state index is 12.6. The van der Waals surface area contributed by atoms with Crippen molar-refractivity contribution >= 4 is 17.3 Å². The number of rotatable bonds is 5. The number of aromatic nitrogens is 2. The number of ether oxygens (including phenoxy) is 1. The van der Waals surface area contributed by atoms with E-state index in [1.807, 2.05) is 32.0 Å². The molecule has 3 aromatic rings. The third kappa shape index (κ3) is 3.98. The summed E-state index contributed by atoms with van der Waals surface area (Å²) in [5, 5.41) is 17.9. The van der Waals surface area contributed by atoms with Crippen LogP contribution in [-0.4, -0.2) is 15.7 Å². The number of aryl methyl sites for hydroxylation is 3. The molecule has 0 aliphatic carbocycles. The van der Waals surface area contributed by atoms with E-state index in [4.69, 9.17) is 4.74 Å². The highest BCUT2D eigenvalue weighted by Gasteiger charge is 2.14. The number of carboxylic acids is 1. The van der Waals surface area contributed by atoms with Crippen LogP contribution in [0, 0.1) is 13.8 Å². The fraction of sp³-hybridized carbons (Fsp3) is 0.150. The Morgan fingerprint density at radius 2 is 1.81 bits per heavy atom. The molecule has 138 valence electrons. The molecule has 0 radical (unpaired) electrons. The summed E-state index contributed by atoms with van der Waals surface area (Å²) >= 11 is 0. The van der Waals surface area contributed by atoms with Crippen molar-refractivity contribution in [2.45, 2.75) is 13.8 Å². The molecule has 7 nitrogen and oxygen atoms in total. The summed E-state index contributed by atoms with van der Waals surface area (Å²) < 4.78 is 7.11. The van der Waals surface area contributed by atoms with Crippen LogP contribution in [-0.2, 0) is 7.05 Å². The van der Waals surface area contributed by atoms with Crippen molar-refractivity contribution in [1.82, 2.24) is 9.78 Å². The van der Waals surface area contributed by atoms with Crippen LogP contribution in [0.5, 0.6) is 11.5 Å². The van der Waals surface area contributed by atoms with E-state index in [1.165, 1.54) is 30.1 Å². The SMILES string of the molecule is Cc1ccc(Oc2cnn(C)c(=O)c2Nc2ccc(C(=O)[O-])cc2)c(C)c1. The quantitative estimate of drug-likeness (QED) is 0.746. The van der Waals surface area contributed by atoms with Gasteiger partial charge < -0.3 is 20.0 Å². The first-order chi connectivity index (χ1) is 12.8. The summed E-state index contributed by atoms with van der Waals surface area (Å²) in [6, 6.07) is 11.6. The minimum absolute atomic E-state index is 0.0509. The predicted octanol–water partition coefficient (Wildman–Crippen LogP) is 2.30. The highest BCUT2D eigenvalue weighted by atomic mass is 16.5. The number of hydrogen-bond donors (Lipinski definition) is 1. The van der Waals surface area contributed by atoms with Gasteiger partial charge in [-0.1, -0.05) is 29.8 Å². The van der Waals surface area contributed by atoms with E-state index in [0.29, 0.717) is 11.4 Å². The van der Waals surface area contributed by atoms with Gasteiger partial charge in [-0.15, -0.1) is 0 Å². The average molecular weight is 364 g/mol. The monoisotopic (exact) mass is 364 g/mol. The van der Waals surface area contributed by atoms with E-state index in [1.54, 1.807) is 12.1 Å². The first-order valence-electron chi connectivity index (χ1n) is 8.25. The molecule has 2 aromatic carbocycles. The van der Waals surface area contributed by atoms with Crippen molar-refractivity contribution in [3.05, 3.63) is 75.7 Å². The maximum Gasteiger partial charge on any atom is 0.294 e. The molecule has 1 aromatic heterocycles. The zero-order valence-corrected chi connectivity index (χ0v) is 15.1. The van der Waals surface area contributed by atoms with Crippen molar-refractivity contribution in [2.75, 3.05) is 5.32 Å². The van der Waals surface area contributed by atoms with Gasteiger partial charge in [0.05, 0.1) is 12.2 Å². The molecule has 0 aliphatic heterocycles. The second-order valence-corrected chi connectivity index (χ2v) is 6.17. The van der Waals surface area contributed by atoms with Crippen molar-refractivity contribution in [3.8, 4) is 11.5 Å². The molecule has 3 rings (SSSR count). The highest BCUT2D eigenvalue weighted by molar-refractivity contribution is 5.86. The number of aromatic carboxylic acids is 1. The number of hydrogen-bond acceptors (Lipinski definition) is 6. The summed E-state index contributed by atoms with van der Waals surface area (Å²) in [5.41, 5.74) is 2.45. The summed E-state index contributed by atoms with van der Waals surface area (Å²) in [6.07, 6.45) is 1.46. The molecule has 1 heterocycles. The third-order valence-corrected chi connectivity index (χ3v) is 4.04. The third-order valence-electron chi connectivity index (χ3n) is 4.04. The van der Waals surface area contributed by atoms with Crippen molar-refractivity contribution in [2.24, 2.45) is 7.05 Å². The molecular formula is C20H18N3O4-. The van der Waals surface area contributed by atoms with Crippen LogP contribution in [0.3, 0.4) is 0 Å². The van der Waals surface area contributed by atoms with Crippen LogP contribution in [0.4, 0.5) is 11.4 Å². The van der Waals surface area contributed by atoms with Crippen LogP contribution in [0.2, 0.25) is 0 Å². The van der Waals surface area contributed by atoms with Gasteiger partial charge in [-0.3, -0.25) is 4.79 Å². The number of carbonyl (C=O) groups is 1. The Hall–Kier alpha value is -3.61. The van der Waals surface area contributed by atoms with Gasteiger partial charge in [-0.2, -0.15) is 5.10 Å². The Balaban J connectivity index is 1.97. The highest BCUT2D eigenvalue weighted by Crippen LogP contribution is 2.30. The standard InChI is InChI=1S/C20H19N3O4/c1-12-4-9-16(13(2)10-12)27-17-11-21-23(3)19(24)18(17)22-15-7-5-14(6-8-15)20(25)26/h4-11,22H,1-3H3,(H,25,26)/p-1.